The van der Waals surface area contributed by atoms with Crippen LogP contribution in [0.15, 0.2) is 24.3 Å². The minimum absolute atomic E-state index is 0.198. The molecule has 0 aliphatic heterocycles. The average Bonchev–Trinajstić information content (AvgIpc) is 2.25. The van der Waals surface area contributed by atoms with Gasteiger partial charge in [-0.2, -0.15) is 0 Å². The summed E-state index contributed by atoms with van der Waals surface area (Å²) in [5.74, 6) is 0.290. The molecule has 0 bridgehead atoms. The Kier molecular flexibility index (Phi) is 5.31. The molecule has 0 aliphatic rings. The molecule has 1 aromatic carbocycles. The van der Waals surface area contributed by atoms with E-state index in [9.17, 15) is 13.2 Å². The van der Waals surface area contributed by atoms with Crippen LogP contribution in [-0.2, 0) is 0 Å². The summed E-state index contributed by atoms with van der Waals surface area (Å²) in [5, 5.41) is 3.11. The molecular formula is C13H18F3NO. The summed E-state index contributed by atoms with van der Waals surface area (Å²) in [6.07, 6.45) is -2.46. The number of hydrogen-bond donors (Lipinski definition) is 1. The van der Waals surface area contributed by atoms with Crippen molar-refractivity contribution in [1.82, 2.24) is 0 Å². The monoisotopic (exact) mass is 261 g/mol. The van der Waals surface area contributed by atoms with Crippen LogP contribution in [0.5, 0.6) is 5.75 Å². The highest BCUT2D eigenvalue weighted by Gasteiger charge is 2.31. The second-order valence-corrected chi connectivity index (χ2v) is 4.35. The van der Waals surface area contributed by atoms with Crippen molar-refractivity contribution < 1.29 is 17.9 Å². The van der Waals surface area contributed by atoms with Gasteiger partial charge < -0.3 is 10.1 Å². The van der Waals surface area contributed by atoms with Gasteiger partial charge in [-0.15, -0.1) is 13.2 Å². The van der Waals surface area contributed by atoms with Gasteiger partial charge in [0.15, 0.2) is 0 Å². The highest BCUT2D eigenvalue weighted by atomic mass is 19.4. The first-order chi connectivity index (χ1) is 8.40. The highest BCUT2D eigenvalue weighted by Crippen LogP contribution is 2.25. The number of nitrogens with one attached hydrogen (secondary N) is 1. The molecule has 0 saturated heterocycles. The number of alkyl halides is 3. The van der Waals surface area contributed by atoms with Gasteiger partial charge in [-0.3, -0.25) is 0 Å². The molecule has 0 radical (unpaired) electrons. The van der Waals surface area contributed by atoms with E-state index in [1.165, 1.54) is 18.2 Å². The molecule has 0 amide bonds. The molecule has 1 atom stereocenters. The van der Waals surface area contributed by atoms with Crippen molar-refractivity contribution in [2.24, 2.45) is 5.92 Å². The van der Waals surface area contributed by atoms with E-state index >= 15 is 0 Å². The van der Waals surface area contributed by atoms with E-state index in [2.05, 4.69) is 23.9 Å². The Hall–Kier alpha value is -1.39. The topological polar surface area (TPSA) is 21.3 Å². The maximum Gasteiger partial charge on any atom is 0.573 e. The Bertz CT molecular complexity index is 365. The van der Waals surface area contributed by atoms with Gasteiger partial charge in [0.2, 0.25) is 0 Å². The van der Waals surface area contributed by atoms with Gasteiger partial charge >= 0.3 is 6.36 Å². The van der Waals surface area contributed by atoms with Crippen LogP contribution in [0.2, 0.25) is 0 Å². The number of hydrogen-bond acceptors (Lipinski definition) is 2. The van der Waals surface area contributed by atoms with Crippen molar-refractivity contribution in [2.45, 2.75) is 33.1 Å². The molecule has 5 heteroatoms. The van der Waals surface area contributed by atoms with Gasteiger partial charge in [0, 0.05) is 18.3 Å². The summed E-state index contributed by atoms with van der Waals surface area (Å²) in [5.41, 5.74) is 0.639. The molecular weight excluding hydrogens is 243 g/mol. The molecule has 2 nitrogen and oxygen atoms in total. The van der Waals surface area contributed by atoms with Crippen LogP contribution in [0.3, 0.4) is 0 Å². The Labute approximate surface area is 105 Å². The van der Waals surface area contributed by atoms with Crippen LogP contribution >= 0.6 is 0 Å². The standard InChI is InChI=1S/C13H18F3NO/c1-3-5-10(2)9-17-11-6-4-7-12(8-11)18-13(14,15)16/h4,6-8,10,17H,3,5,9H2,1-2H3. The smallest absolute Gasteiger partial charge is 0.406 e. The molecule has 0 aliphatic carbocycles. The lowest BCUT2D eigenvalue weighted by atomic mass is 10.1. The number of halogens is 3. The quantitative estimate of drug-likeness (QED) is 0.817. The molecule has 0 aromatic heterocycles. The summed E-state index contributed by atoms with van der Waals surface area (Å²) < 4.78 is 40.0. The Morgan fingerprint density at radius 3 is 2.67 bits per heavy atom. The van der Waals surface area contributed by atoms with E-state index < -0.39 is 6.36 Å². The summed E-state index contributed by atoms with van der Waals surface area (Å²) in [7, 11) is 0. The predicted octanol–water partition coefficient (Wildman–Crippen LogP) is 4.43. The van der Waals surface area contributed by atoms with Crippen molar-refractivity contribution in [1.29, 1.82) is 0 Å². The summed E-state index contributed by atoms with van der Waals surface area (Å²) in [6, 6.07) is 5.90. The normalized spacial score (nSPS) is 13.2. The molecule has 1 unspecified atom stereocenters. The van der Waals surface area contributed by atoms with Gasteiger partial charge in [0.25, 0.3) is 0 Å². The third kappa shape index (κ3) is 5.80. The molecule has 102 valence electrons. The van der Waals surface area contributed by atoms with Crippen molar-refractivity contribution in [3.05, 3.63) is 24.3 Å². The third-order valence-electron chi connectivity index (χ3n) is 2.50. The van der Waals surface area contributed by atoms with E-state index in [1.807, 2.05) is 0 Å². The van der Waals surface area contributed by atoms with E-state index in [0.29, 0.717) is 11.6 Å². The zero-order chi connectivity index (χ0) is 13.6. The van der Waals surface area contributed by atoms with Crippen LogP contribution < -0.4 is 10.1 Å². The van der Waals surface area contributed by atoms with E-state index in [1.54, 1.807) is 6.07 Å². The summed E-state index contributed by atoms with van der Waals surface area (Å²) >= 11 is 0. The zero-order valence-corrected chi connectivity index (χ0v) is 10.6. The third-order valence-corrected chi connectivity index (χ3v) is 2.50. The Morgan fingerprint density at radius 2 is 2.06 bits per heavy atom. The minimum atomic E-state index is -4.64. The highest BCUT2D eigenvalue weighted by molar-refractivity contribution is 5.48. The lowest BCUT2D eigenvalue weighted by Gasteiger charge is -2.14. The van der Waals surface area contributed by atoms with Crippen molar-refractivity contribution in [3.63, 3.8) is 0 Å². The maximum atomic E-state index is 12.0. The molecule has 0 heterocycles. The Morgan fingerprint density at radius 1 is 1.33 bits per heavy atom. The number of anilines is 1. The van der Waals surface area contributed by atoms with Gasteiger partial charge in [-0.1, -0.05) is 26.3 Å². The lowest BCUT2D eigenvalue weighted by molar-refractivity contribution is -0.274. The van der Waals surface area contributed by atoms with Crippen LogP contribution in [0, 0.1) is 5.92 Å². The lowest BCUT2D eigenvalue weighted by Crippen LogP contribution is -2.17. The second-order valence-electron chi connectivity index (χ2n) is 4.35. The van der Waals surface area contributed by atoms with E-state index in [0.717, 1.165) is 19.4 Å². The zero-order valence-electron chi connectivity index (χ0n) is 10.6. The van der Waals surface area contributed by atoms with Crippen LogP contribution in [0.25, 0.3) is 0 Å². The van der Waals surface area contributed by atoms with Crippen LogP contribution in [-0.4, -0.2) is 12.9 Å². The minimum Gasteiger partial charge on any atom is -0.406 e. The first kappa shape index (κ1) is 14.7. The summed E-state index contributed by atoms with van der Waals surface area (Å²) in [6.45, 7) is 4.95. The van der Waals surface area contributed by atoms with E-state index in [4.69, 9.17) is 0 Å². The molecule has 1 N–H and O–H groups in total. The first-order valence-corrected chi connectivity index (χ1v) is 6.00. The predicted molar refractivity (Wildman–Crippen MR) is 65.7 cm³/mol. The largest absolute Gasteiger partial charge is 0.573 e. The molecule has 0 saturated carbocycles. The Balaban J connectivity index is 2.54. The van der Waals surface area contributed by atoms with Gasteiger partial charge in [-0.25, -0.2) is 0 Å². The van der Waals surface area contributed by atoms with Crippen molar-refractivity contribution in [3.8, 4) is 5.75 Å². The average molecular weight is 261 g/mol. The van der Waals surface area contributed by atoms with Crippen LogP contribution in [0.4, 0.5) is 18.9 Å². The van der Waals surface area contributed by atoms with Gasteiger partial charge in [0.05, 0.1) is 0 Å². The number of ether oxygens (including phenoxy) is 1. The fourth-order valence-corrected chi connectivity index (χ4v) is 1.69. The molecule has 18 heavy (non-hydrogen) atoms. The maximum absolute atomic E-state index is 12.0. The van der Waals surface area contributed by atoms with E-state index in [-0.39, 0.29) is 5.75 Å². The fraction of sp³-hybridized carbons (Fsp3) is 0.538. The number of rotatable bonds is 6. The number of benzene rings is 1. The first-order valence-electron chi connectivity index (χ1n) is 6.00. The SMILES string of the molecule is CCCC(C)CNc1cccc(OC(F)(F)F)c1. The molecule has 0 spiro atoms. The van der Waals surface area contributed by atoms with Crippen molar-refractivity contribution in [2.75, 3.05) is 11.9 Å². The second kappa shape index (κ2) is 6.52. The van der Waals surface area contributed by atoms with Gasteiger partial charge in [-0.05, 0) is 24.5 Å². The van der Waals surface area contributed by atoms with Crippen molar-refractivity contribution >= 4 is 5.69 Å². The molecule has 1 rings (SSSR count). The molecule has 1 aromatic rings. The fourth-order valence-electron chi connectivity index (χ4n) is 1.69. The molecule has 0 fully saturated rings. The summed E-state index contributed by atoms with van der Waals surface area (Å²) in [4.78, 5) is 0. The van der Waals surface area contributed by atoms with Crippen LogP contribution in [0.1, 0.15) is 26.7 Å². The van der Waals surface area contributed by atoms with Gasteiger partial charge in [0.1, 0.15) is 5.75 Å².